The highest BCUT2D eigenvalue weighted by molar-refractivity contribution is 7.15. The van der Waals surface area contributed by atoms with Crippen LogP contribution in [0.5, 0.6) is 0 Å². The number of benzene rings is 2. The Kier molecular flexibility index (Phi) is 5.09. The van der Waals surface area contributed by atoms with Crippen LogP contribution in [0.25, 0.3) is 10.6 Å². The third kappa shape index (κ3) is 3.78. The van der Waals surface area contributed by atoms with Gasteiger partial charge in [0.1, 0.15) is 5.01 Å². The summed E-state index contributed by atoms with van der Waals surface area (Å²) in [5.41, 5.74) is 3.26. The van der Waals surface area contributed by atoms with Crippen molar-refractivity contribution in [3.8, 4) is 10.6 Å². The van der Waals surface area contributed by atoms with E-state index in [1.165, 1.54) is 29.5 Å². The third-order valence-corrected chi connectivity index (χ3v) is 5.19. The number of rotatable bonds is 5. The second-order valence-corrected chi connectivity index (χ2v) is 6.92. The van der Waals surface area contributed by atoms with Crippen LogP contribution in [0.4, 0.5) is 5.69 Å². The summed E-state index contributed by atoms with van der Waals surface area (Å²) in [7, 11) is 0. The number of carbonyl (C=O) groups is 1. The molecule has 3 aromatic rings. The van der Waals surface area contributed by atoms with Crippen molar-refractivity contribution in [2.24, 2.45) is 0 Å². The van der Waals surface area contributed by atoms with Gasteiger partial charge in [-0.2, -0.15) is 0 Å². The predicted octanol–water partition coefficient (Wildman–Crippen LogP) is 4.27. The number of hydrogen-bond donors (Lipinski definition) is 1. The molecule has 0 fully saturated rings. The van der Waals surface area contributed by atoms with Crippen LogP contribution in [0.15, 0.2) is 48.5 Å². The van der Waals surface area contributed by atoms with Crippen molar-refractivity contribution in [2.75, 3.05) is 0 Å². The summed E-state index contributed by atoms with van der Waals surface area (Å²) in [6.45, 7) is 4.28. The Morgan fingerprint density at radius 1 is 1.19 bits per heavy atom. The van der Waals surface area contributed by atoms with Crippen molar-refractivity contribution in [3.05, 3.63) is 80.3 Å². The Balaban J connectivity index is 1.74. The number of non-ortho nitro benzene ring substituents is 1. The molecule has 3 rings (SSSR count). The third-order valence-electron chi connectivity index (χ3n) is 4.00. The van der Waals surface area contributed by atoms with Crippen molar-refractivity contribution in [1.29, 1.82) is 0 Å². The van der Waals surface area contributed by atoms with Crippen LogP contribution in [-0.2, 0) is 6.54 Å². The molecule has 1 heterocycles. The van der Waals surface area contributed by atoms with Gasteiger partial charge in [0.25, 0.3) is 11.6 Å². The Hall–Kier alpha value is -3.06. The summed E-state index contributed by atoms with van der Waals surface area (Å²) in [6.07, 6.45) is 0. The Morgan fingerprint density at radius 3 is 2.69 bits per heavy atom. The van der Waals surface area contributed by atoms with Crippen LogP contribution >= 0.6 is 11.3 Å². The van der Waals surface area contributed by atoms with E-state index in [9.17, 15) is 14.9 Å². The second-order valence-electron chi connectivity index (χ2n) is 5.83. The zero-order chi connectivity index (χ0) is 18.7. The highest BCUT2D eigenvalue weighted by Crippen LogP contribution is 2.30. The first-order valence-electron chi connectivity index (χ1n) is 8.00. The molecular formula is C19H17N3O3S. The molecule has 0 saturated carbocycles. The second kappa shape index (κ2) is 7.45. The van der Waals surface area contributed by atoms with E-state index in [-0.39, 0.29) is 17.2 Å². The number of nitro groups is 1. The molecule has 0 saturated heterocycles. The lowest BCUT2D eigenvalue weighted by Gasteiger charge is -2.04. The number of thiazole rings is 1. The van der Waals surface area contributed by atoms with E-state index >= 15 is 0 Å². The van der Waals surface area contributed by atoms with E-state index in [1.807, 2.05) is 38.1 Å². The first kappa shape index (κ1) is 17.8. The maximum Gasteiger partial charge on any atom is 0.270 e. The smallest absolute Gasteiger partial charge is 0.270 e. The molecule has 6 nitrogen and oxygen atoms in total. The van der Waals surface area contributed by atoms with Gasteiger partial charge in [-0.15, -0.1) is 11.3 Å². The van der Waals surface area contributed by atoms with Crippen LogP contribution < -0.4 is 5.32 Å². The van der Waals surface area contributed by atoms with E-state index in [0.717, 1.165) is 26.7 Å². The van der Waals surface area contributed by atoms with Gasteiger partial charge in [-0.1, -0.05) is 30.3 Å². The van der Waals surface area contributed by atoms with Crippen LogP contribution in [0.3, 0.4) is 0 Å². The van der Waals surface area contributed by atoms with Crippen molar-refractivity contribution < 1.29 is 9.72 Å². The molecule has 0 aliphatic heterocycles. The summed E-state index contributed by atoms with van der Waals surface area (Å²) in [4.78, 5) is 28.2. The Morgan fingerprint density at radius 2 is 1.96 bits per heavy atom. The summed E-state index contributed by atoms with van der Waals surface area (Å²) >= 11 is 1.54. The van der Waals surface area contributed by atoms with E-state index in [4.69, 9.17) is 0 Å². The molecule has 2 aromatic carbocycles. The molecule has 0 radical (unpaired) electrons. The largest absolute Gasteiger partial charge is 0.347 e. The van der Waals surface area contributed by atoms with E-state index < -0.39 is 4.92 Å². The quantitative estimate of drug-likeness (QED) is 0.539. The molecule has 1 aromatic heterocycles. The Bertz CT molecular complexity index is 982. The standard InChI is InChI=1S/C19H17N3O3S/c1-12-6-3-4-9-16(12)19-21-13(2)17(26-19)11-20-18(23)14-7-5-8-15(10-14)22(24)25/h3-10H,11H2,1-2H3,(H,20,23). The fourth-order valence-electron chi connectivity index (χ4n) is 2.54. The van der Waals surface area contributed by atoms with Crippen LogP contribution in [0.1, 0.15) is 26.5 Å². The predicted molar refractivity (Wildman–Crippen MR) is 101 cm³/mol. The van der Waals surface area contributed by atoms with Gasteiger partial charge in [0.2, 0.25) is 0 Å². The SMILES string of the molecule is Cc1ccccc1-c1nc(C)c(CNC(=O)c2cccc([N+](=O)[O-])c2)s1. The van der Waals surface area contributed by atoms with Gasteiger partial charge in [-0.25, -0.2) is 4.98 Å². The number of nitrogens with zero attached hydrogens (tertiary/aromatic N) is 2. The molecule has 0 unspecified atom stereocenters. The zero-order valence-corrected chi connectivity index (χ0v) is 15.2. The van der Waals surface area contributed by atoms with Crippen LogP contribution in [0, 0.1) is 24.0 Å². The van der Waals surface area contributed by atoms with Gasteiger partial charge in [-0.3, -0.25) is 14.9 Å². The molecule has 26 heavy (non-hydrogen) atoms. The van der Waals surface area contributed by atoms with Gasteiger partial charge >= 0.3 is 0 Å². The lowest BCUT2D eigenvalue weighted by atomic mass is 10.1. The minimum atomic E-state index is -0.515. The van der Waals surface area contributed by atoms with E-state index in [1.54, 1.807) is 6.07 Å². The average molecular weight is 367 g/mol. The molecule has 0 aliphatic rings. The number of carbonyl (C=O) groups excluding carboxylic acids is 1. The van der Waals surface area contributed by atoms with Gasteiger partial charge in [0.05, 0.1) is 17.2 Å². The molecule has 0 spiro atoms. The van der Waals surface area contributed by atoms with E-state index in [0.29, 0.717) is 6.54 Å². The Labute approximate surface area is 154 Å². The highest BCUT2D eigenvalue weighted by Gasteiger charge is 2.14. The summed E-state index contributed by atoms with van der Waals surface area (Å²) < 4.78 is 0. The first-order valence-corrected chi connectivity index (χ1v) is 8.82. The average Bonchev–Trinajstić information content (AvgIpc) is 3.00. The van der Waals surface area contributed by atoms with Crippen LogP contribution in [-0.4, -0.2) is 15.8 Å². The summed E-state index contributed by atoms with van der Waals surface area (Å²) in [5, 5.41) is 14.6. The number of nitro benzene ring substituents is 1. The number of nitrogens with one attached hydrogen (secondary N) is 1. The van der Waals surface area contributed by atoms with Crippen molar-refractivity contribution in [1.82, 2.24) is 10.3 Å². The number of hydrogen-bond acceptors (Lipinski definition) is 5. The molecule has 0 aliphatic carbocycles. The molecular weight excluding hydrogens is 350 g/mol. The van der Waals surface area contributed by atoms with Crippen molar-refractivity contribution in [3.63, 3.8) is 0 Å². The molecule has 1 N–H and O–H groups in total. The van der Waals surface area contributed by atoms with Gasteiger partial charge < -0.3 is 5.32 Å². The molecule has 1 amide bonds. The van der Waals surface area contributed by atoms with Gasteiger partial charge in [0, 0.05) is 28.1 Å². The highest BCUT2D eigenvalue weighted by atomic mass is 32.1. The minimum absolute atomic E-state index is 0.103. The molecule has 0 bridgehead atoms. The minimum Gasteiger partial charge on any atom is -0.347 e. The van der Waals surface area contributed by atoms with Crippen molar-refractivity contribution in [2.45, 2.75) is 20.4 Å². The zero-order valence-electron chi connectivity index (χ0n) is 14.4. The molecule has 7 heteroatoms. The molecule has 0 atom stereocenters. The summed E-state index contributed by atoms with van der Waals surface area (Å²) in [5.74, 6) is -0.348. The normalized spacial score (nSPS) is 10.5. The number of aryl methyl sites for hydroxylation is 2. The number of amides is 1. The lowest BCUT2D eigenvalue weighted by Crippen LogP contribution is -2.22. The fourth-order valence-corrected chi connectivity index (χ4v) is 3.64. The number of aromatic nitrogens is 1. The maximum atomic E-state index is 12.3. The van der Waals surface area contributed by atoms with Gasteiger partial charge in [-0.05, 0) is 25.5 Å². The summed E-state index contributed by atoms with van der Waals surface area (Å²) in [6, 6.07) is 13.7. The van der Waals surface area contributed by atoms with E-state index in [2.05, 4.69) is 10.3 Å². The lowest BCUT2D eigenvalue weighted by molar-refractivity contribution is -0.384. The first-order chi connectivity index (χ1) is 12.5. The monoisotopic (exact) mass is 367 g/mol. The maximum absolute atomic E-state index is 12.3. The fraction of sp³-hybridized carbons (Fsp3) is 0.158. The van der Waals surface area contributed by atoms with Crippen LogP contribution in [0.2, 0.25) is 0 Å². The molecule has 132 valence electrons. The topological polar surface area (TPSA) is 85.1 Å². The van der Waals surface area contributed by atoms with Gasteiger partial charge in [0.15, 0.2) is 0 Å². The van der Waals surface area contributed by atoms with Crippen molar-refractivity contribution >= 4 is 22.9 Å².